The first-order valence-corrected chi connectivity index (χ1v) is 12.8. The molecule has 3 aromatic carbocycles. The molecule has 0 heterocycles. The molecule has 0 saturated carbocycles. The number of carbonyl (C=O) groups excluding carboxylic acids is 1. The monoisotopic (exact) mass is 496 g/mol. The predicted octanol–water partition coefficient (Wildman–Crippen LogP) is 4.35. The normalized spacial score (nSPS) is 12.0. The highest BCUT2D eigenvalue weighted by Crippen LogP contribution is 2.33. The molecular formula is C27H32N2O5S. The first-order chi connectivity index (χ1) is 16.7. The van der Waals surface area contributed by atoms with Gasteiger partial charge in [0.25, 0.3) is 10.0 Å². The smallest absolute Gasteiger partial charge is 0.264 e. The topological polar surface area (TPSA) is 84.9 Å². The first kappa shape index (κ1) is 26.1. The van der Waals surface area contributed by atoms with Crippen molar-refractivity contribution in [3.63, 3.8) is 0 Å². The van der Waals surface area contributed by atoms with Gasteiger partial charge in [-0.05, 0) is 56.5 Å². The van der Waals surface area contributed by atoms with Crippen molar-refractivity contribution >= 4 is 21.6 Å². The van der Waals surface area contributed by atoms with Crippen LogP contribution in [0.2, 0.25) is 0 Å². The summed E-state index contributed by atoms with van der Waals surface area (Å²) in [6, 6.07) is 21.2. The highest BCUT2D eigenvalue weighted by atomic mass is 32.2. The minimum atomic E-state index is -4.03. The van der Waals surface area contributed by atoms with E-state index in [1.54, 1.807) is 42.5 Å². The summed E-state index contributed by atoms with van der Waals surface area (Å²) < 4.78 is 38.9. The van der Waals surface area contributed by atoms with E-state index in [-0.39, 0.29) is 17.5 Å². The lowest BCUT2D eigenvalue weighted by Crippen LogP contribution is -2.43. The van der Waals surface area contributed by atoms with Crippen LogP contribution in [-0.2, 0) is 21.2 Å². The first-order valence-electron chi connectivity index (χ1n) is 11.4. The zero-order valence-corrected chi connectivity index (χ0v) is 21.3. The summed E-state index contributed by atoms with van der Waals surface area (Å²) in [5, 5.41) is 2.93. The van der Waals surface area contributed by atoms with Crippen molar-refractivity contribution in [3.8, 4) is 11.5 Å². The highest BCUT2D eigenvalue weighted by Gasteiger charge is 2.28. The van der Waals surface area contributed by atoms with Crippen molar-refractivity contribution in [3.05, 3.63) is 83.9 Å². The molecule has 0 unspecified atom stereocenters. The maximum absolute atomic E-state index is 13.6. The Hall–Kier alpha value is -3.52. The van der Waals surface area contributed by atoms with Crippen LogP contribution in [0.4, 0.5) is 5.69 Å². The molecule has 0 radical (unpaired) electrons. The number of nitrogens with one attached hydrogen (secondary N) is 1. The summed E-state index contributed by atoms with van der Waals surface area (Å²) in [6.45, 7) is 3.42. The largest absolute Gasteiger partial charge is 0.493 e. The number of anilines is 1. The van der Waals surface area contributed by atoms with Gasteiger partial charge < -0.3 is 14.8 Å². The summed E-state index contributed by atoms with van der Waals surface area (Å²) in [5.41, 5.74) is 2.42. The van der Waals surface area contributed by atoms with E-state index in [9.17, 15) is 13.2 Å². The molecule has 35 heavy (non-hydrogen) atoms. The van der Waals surface area contributed by atoms with E-state index in [2.05, 4.69) is 5.32 Å². The van der Waals surface area contributed by atoms with E-state index >= 15 is 0 Å². The number of hydrogen-bond acceptors (Lipinski definition) is 5. The van der Waals surface area contributed by atoms with Crippen molar-refractivity contribution in [1.29, 1.82) is 0 Å². The highest BCUT2D eigenvalue weighted by molar-refractivity contribution is 7.92. The lowest BCUT2D eigenvalue weighted by Gasteiger charge is -2.26. The molecular weight excluding hydrogens is 464 g/mol. The molecule has 1 atom stereocenters. The fraction of sp³-hybridized carbons (Fsp3) is 0.296. The standard InChI is InChI=1S/C27H32N2O5S/c1-20-10-15-24(16-11-20)35(31,32)29(23-14-17-25(33-3)26(18-23)34-4)19-27(30)28-21(2)12-13-22-8-6-5-7-9-22/h5-11,14-18,21H,12-13,19H2,1-4H3,(H,28,30)/t21-/m1/s1. The fourth-order valence-corrected chi connectivity index (χ4v) is 5.10. The molecule has 0 bridgehead atoms. The molecule has 1 N–H and O–H groups in total. The molecule has 3 rings (SSSR count). The number of carbonyl (C=O) groups is 1. The third-order valence-corrected chi connectivity index (χ3v) is 7.46. The van der Waals surface area contributed by atoms with Crippen molar-refractivity contribution in [2.24, 2.45) is 0 Å². The second-order valence-corrected chi connectivity index (χ2v) is 10.2. The van der Waals surface area contributed by atoms with E-state index in [1.165, 1.54) is 19.8 Å². The number of amides is 1. The Balaban J connectivity index is 1.84. The van der Waals surface area contributed by atoms with Gasteiger partial charge >= 0.3 is 0 Å². The van der Waals surface area contributed by atoms with Crippen LogP contribution >= 0.6 is 0 Å². The predicted molar refractivity (Wildman–Crippen MR) is 138 cm³/mol. The van der Waals surface area contributed by atoms with E-state index in [4.69, 9.17) is 9.47 Å². The van der Waals surface area contributed by atoms with Crippen LogP contribution in [0.1, 0.15) is 24.5 Å². The number of nitrogens with zero attached hydrogens (tertiary/aromatic N) is 1. The second kappa shape index (κ2) is 11.8. The summed E-state index contributed by atoms with van der Waals surface area (Å²) in [5.74, 6) is 0.435. The van der Waals surface area contributed by atoms with Gasteiger partial charge in [-0.1, -0.05) is 48.0 Å². The summed E-state index contributed by atoms with van der Waals surface area (Å²) in [6.07, 6.45) is 1.54. The van der Waals surface area contributed by atoms with Gasteiger partial charge in [-0.15, -0.1) is 0 Å². The second-order valence-electron chi connectivity index (χ2n) is 8.36. The third-order valence-electron chi connectivity index (χ3n) is 5.67. The van der Waals surface area contributed by atoms with E-state index in [0.29, 0.717) is 17.2 Å². The lowest BCUT2D eigenvalue weighted by atomic mass is 10.1. The maximum atomic E-state index is 13.6. The number of benzene rings is 3. The molecule has 0 aromatic heterocycles. The number of rotatable bonds is 11. The quantitative estimate of drug-likeness (QED) is 0.427. The molecule has 0 saturated heterocycles. The van der Waals surface area contributed by atoms with Crippen molar-refractivity contribution in [1.82, 2.24) is 5.32 Å². The number of hydrogen-bond donors (Lipinski definition) is 1. The summed E-state index contributed by atoms with van der Waals surface area (Å²) >= 11 is 0. The fourth-order valence-electron chi connectivity index (χ4n) is 3.68. The molecule has 0 aliphatic rings. The number of methoxy groups -OCH3 is 2. The van der Waals surface area contributed by atoms with E-state index in [0.717, 1.165) is 22.7 Å². The van der Waals surface area contributed by atoms with Crippen LogP contribution in [0.15, 0.2) is 77.7 Å². The van der Waals surface area contributed by atoms with Crippen molar-refractivity contribution in [2.75, 3.05) is 25.1 Å². The Labute approximate surface area is 207 Å². The van der Waals surface area contributed by atoms with Gasteiger partial charge in [0.05, 0.1) is 24.8 Å². The van der Waals surface area contributed by atoms with Gasteiger partial charge in [0.2, 0.25) is 5.91 Å². The van der Waals surface area contributed by atoms with Crippen LogP contribution < -0.4 is 19.1 Å². The molecule has 8 heteroatoms. The number of sulfonamides is 1. The van der Waals surface area contributed by atoms with Crippen LogP contribution in [0.3, 0.4) is 0 Å². The average Bonchev–Trinajstić information content (AvgIpc) is 2.86. The lowest BCUT2D eigenvalue weighted by molar-refractivity contribution is -0.120. The Bertz CT molecular complexity index is 1230. The van der Waals surface area contributed by atoms with Crippen LogP contribution in [-0.4, -0.2) is 41.1 Å². The minimum Gasteiger partial charge on any atom is -0.493 e. The molecule has 186 valence electrons. The van der Waals surface area contributed by atoms with Gasteiger partial charge in [-0.3, -0.25) is 9.10 Å². The van der Waals surface area contributed by atoms with Gasteiger partial charge in [0, 0.05) is 12.1 Å². The molecule has 7 nitrogen and oxygen atoms in total. The van der Waals surface area contributed by atoms with Crippen LogP contribution in [0, 0.1) is 6.92 Å². The van der Waals surface area contributed by atoms with Crippen LogP contribution in [0.5, 0.6) is 11.5 Å². The Morgan fingerprint density at radius 2 is 1.60 bits per heavy atom. The third kappa shape index (κ3) is 6.76. The van der Waals surface area contributed by atoms with Crippen LogP contribution in [0.25, 0.3) is 0 Å². The summed E-state index contributed by atoms with van der Waals surface area (Å²) in [7, 11) is -1.05. The van der Waals surface area contributed by atoms with Crippen molar-refractivity contribution < 1.29 is 22.7 Å². The summed E-state index contributed by atoms with van der Waals surface area (Å²) in [4.78, 5) is 13.1. The molecule has 0 fully saturated rings. The Morgan fingerprint density at radius 1 is 0.943 bits per heavy atom. The SMILES string of the molecule is COc1ccc(N(CC(=O)N[C@H](C)CCc2ccccc2)S(=O)(=O)c2ccc(C)cc2)cc1OC. The average molecular weight is 497 g/mol. The Kier molecular flexibility index (Phi) is 8.76. The minimum absolute atomic E-state index is 0.0998. The molecule has 1 amide bonds. The van der Waals surface area contributed by atoms with E-state index < -0.39 is 15.9 Å². The van der Waals surface area contributed by atoms with Gasteiger partial charge in [-0.2, -0.15) is 0 Å². The zero-order chi connectivity index (χ0) is 25.4. The maximum Gasteiger partial charge on any atom is 0.264 e. The number of ether oxygens (including phenoxy) is 2. The Morgan fingerprint density at radius 3 is 2.23 bits per heavy atom. The molecule has 3 aromatic rings. The molecule has 0 aliphatic carbocycles. The van der Waals surface area contributed by atoms with Gasteiger partial charge in [0.15, 0.2) is 11.5 Å². The molecule has 0 spiro atoms. The molecule has 0 aliphatic heterocycles. The van der Waals surface area contributed by atoms with Crippen molar-refractivity contribution in [2.45, 2.75) is 37.6 Å². The van der Waals surface area contributed by atoms with E-state index in [1.807, 2.05) is 44.2 Å². The van der Waals surface area contributed by atoms with Gasteiger partial charge in [0.1, 0.15) is 6.54 Å². The zero-order valence-electron chi connectivity index (χ0n) is 20.5. The number of aryl methyl sites for hydroxylation is 2. The van der Waals surface area contributed by atoms with Gasteiger partial charge in [-0.25, -0.2) is 8.42 Å².